The van der Waals surface area contributed by atoms with Crippen molar-refractivity contribution in [1.82, 2.24) is 5.32 Å². The Kier molecular flexibility index (Phi) is 6.35. The van der Waals surface area contributed by atoms with Gasteiger partial charge >= 0.3 is 5.97 Å². The van der Waals surface area contributed by atoms with Crippen molar-refractivity contribution >= 4 is 5.97 Å². The smallest absolute Gasteiger partial charge is 0.303 e. The van der Waals surface area contributed by atoms with Crippen molar-refractivity contribution in [2.75, 3.05) is 0 Å². The number of fused-ring (bicyclic) bond motifs is 3. The van der Waals surface area contributed by atoms with Crippen LogP contribution < -0.4 is 5.32 Å². The van der Waals surface area contributed by atoms with Gasteiger partial charge in [0.1, 0.15) is 6.10 Å². The molecule has 2 atom stereocenters. The van der Waals surface area contributed by atoms with Crippen LogP contribution in [0.4, 0.5) is 0 Å². The van der Waals surface area contributed by atoms with E-state index in [0.29, 0.717) is 6.42 Å². The molecule has 1 N–H and O–H groups in total. The van der Waals surface area contributed by atoms with Crippen molar-refractivity contribution in [2.24, 2.45) is 0 Å². The average molecular weight is 460 g/mol. The molecule has 0 saturated heterocycles. The molecule has 0 radical (unpaired) electrons. The molecule has 1 aliphatic carbocycles. The quantitative estimate of drug-likeness (QED) is 0.249. The molecule has 0 unspecified atom stereocenters. The first-order chi connectivity index (χ1) is 17.1. The van der Waals surface area contributed by atoms with E-state index in [2.05, 4.69) is 96.8 Å². The lowest BCUT2D eigenvalue weighted by Gasteiger charge is -2.39. The molecule has 0 saturated carbocycles. The van der Waals surface area contributed by atoms with E-state index < -0.39 is 11.6 Å². The van der Waals surface area contributed by atoms with Gasteiger partial charge in [-0.2, -0.15) is 0 Å². The first-order valence-electron chi connectivity index (χ1n) is 12.0. The van der Waals surface area contributed by atoms with E-state index in [1.54, 1.807) is 6.08 Å². The molecule has 3 heteroatoms. The second-order valence-electron chi connectivity index (χ2n) is 8.96. The van der Waals surface area contributed by atoms with Gasteiger partial charge in [0.15, 0.2) is 0 Å². The topological polar surface area (TPSA) is 38.3 Å². The average Bonchev–Trinajstić information content (AvgIpc) is 3.19. The van der Waals surface area contributed by atoms with Gasteiger partial charge in [-0.1, -0.05) is 116 Å². The molecule has 174 valence electrons. The van der Waals surface area contributed by atoms with Crippen molar-refractivity contribution in [3.63, 3.8) is 0 Å². The van der Waals surface area contributed by atoms with Gasteiger partial charge in [0.2, 0.25) is 0 Å². The van der Waals surface area contributed by atoms with Crippen LogP contribution in [0.25, 0.3) is 11.1 Å². The van der Waals surface area contributed by atoms with Crippen LogP contribution in [0.2, 0.25) is 0 Å². The van der Waals surface area contributed by atoms with Crippen LogP contribution in [0.5, 0.6) is 0 Å². The summed E-state index contributed by atoms with van der Waals surface area (Å²) in [6.45, 7) is 5.47. The summed E-state index contributed by atoms with van der Waals surface area (Å²) in [6, 6.07) is 37.7. The van der Waals surface area contributed by atoms with E-state index in [1.165, 1.54) is 29.2 Å². The fourth-order valence-electron chi connectivity index (χ4n) is 5.35. The fourth-order valence-corrected chi connectivity index (χ4v) is 5.35. The Morgan fingerprint density at radius 1 is 0.829 bits per heavy atom. The minimum Gasteiger partial charge on any atom is -0.457 e. The number of carbonyl (C=O) groups excluding carboxylic acids is 1. The lowest BCUT2D eigenvalue weighted by Crippen LogP contribution is -2.54. The Morgan fingerprint density at radius 3 is 1.89 bits per heavy atom. The number of benzene rings is 4. The Balaban J connectivity index is 1.71. The summed E-state index contributed by atoms with van der Waals surface area (Å²) in [4.78, 5) is 12.1. The number of rotatable bonds is 8. The molecule has 4 aromatic rings. The molecule has 0 heterocycles. The zero-order valence-corrected chi connectivity index (χ0v) is 19.9. The molecular weight excluding hydrogens is 430 g/mol. The Hall–Kier alpha value is -3.95. The number of ether oxygens (including phenoxy) is 1. The molecule has 0 fully saturated rings. The zero-order chi connectivity index (χ0) is 24.3. The molecule has 1 aliphatic rings. The molecule has 4 aromatic carbocycles. The van der Waals surface area contributed by atoms with Crippen LogP contribution in [-0.4, -0.2) is 18.1 Å². The van der Waals surface area contributed by atoms with Crippen LogP contribution in [0.3, 0.4) is 0 Å². The lowest BCUT2D eigenvalue weighted by molar-refractivity contribution is -0.145. The largest absolute Gasteiger partial charge is 0.457 e. The van der Waals surface area contributed by atoms with E-state index in [0.717, 1.165) is 11.1 Å². The highest BCUT2D eigenvalue weighted by molar-refractivity contribution is 5.83. The highest BCUT2D eigenvalue weighted by Gasteiger charge is 2.46. The minimum atomic E-state index is -0.616. The summed E-state index contributed by atoms with van der Waals surface area (Å²) in [5.41, 5.74) is 6.48. The van der Waals surface area contributed by atoms with Crippen molar-refractivity contribution in [1.29, 1.82) is 0 Å². The number of hydrogen-bond donors (Lipinski definition) is 1. The molecule has 35 heavy (non-hydrogen) atoms. The summed E-state index contributed by atoms with van der Waals surface area (Å²) >= 11 is 0. The highest BCUT2D eigenvalue weighted by Crippen LogP contribution is 2.51. The van der Waals surface area contributed by atoms with Gasteiger partial charge in [-0.3, -0.25) is 10.1 Å². The summed E-state index contributed by atoms with van der Waals surface area (Å²) in [7, 11) is 0. The number of carbonyl (C=O) groups is 1. The van der Waals surface area contributed by atoms with Crippen LogP contribution in [0.1, 0.15) is 29.2 Å². The van der Waals surface area contributed by atoms with E-state index in [4.69, 9.17) is 4.74 Å². The first kappa shape index (κ1) is 22.8. The Morgan fingerprint density at radius 2 is 1.34 bits per heavy atom. The van der Waals surface area contributed by atoms with Gasteiger partial charge in [-0.05, 0) is 45.9 Å². The minimum absolute atomic E-state index is 0.224. The van der Waals surface area contributed by atoms with Gasteiger partial charge in [-0.15, -0.1) is 0 Å². The molecule has 5 rings (SSSR count). The lowest BCUT2D eigenvalue weighted by atomic mass is 9.79. The van der Waals surface area contributed by atoms with Crippen molar-refractivity contribution in [2.45, 2.75) is 31.0 Å². The van der Waals surface area contributed by atoms with E-state index >= 15 is 0 Å². The van der Waals surface area contributed by atoms with Gasteiger partial charge in [0.05, 0.1) is 11.6 Å². The van der Waals surface area contributed by atoms with E-state index in [1.807, 2.05) is 24.3 Å². The van der Waals surface area contributed by atoms with Gasteiger partial charge in [0, 0.05) is 6.92 Å². The second-order valence-corrected chi connectivity index (χ2v) is 8.96. The van der Waals surface area contributed by atoms with Crippen LogP contribution >= 0.6 is 0 Å². The van der Waals surface area contributed by atoms with Crippen molar-refractivity contribution in [3.05, 3.63) is 144 Å². The van der Waals surface area contributed by atoms with Crippen molar-refractivity contribution < 1.29 is 9.53 Å². The van der Waals surface area contributed by atoms with Crippen LogP contribution in [0.15, 0.2) is 122 Å². The second kappa shape index (κ2) is 9.73. The Bertz CT molecular complexity index is 1280. The summed E-state index contributed by atoms with van der Waals surface area (Å²) in [5.74, 6) is -0.323. The SMILES string of the molecule is C=C[C@@H](OC(C)=O)[C@H](Cc1ccccc1)NC1(c2ccccc2)c2ccccc2-c2ccccc21. The van der Waals surface area contributed by atoms with Gasteiger partial charge in [0.25, 0.3) is 0 Å². The summed E-state index contributed by atoms with van der Waals surface area (Å²) < 4.78 is 5.78. The molecule has 0 amide bonds. The fraction of sp³-hybridized carbons (Fsp3) is 0.156. The third-order valence-corrected chi connectivity index (χ3v) is 6.79. The Labute approximate surface area is 207 Å². The standard InChI is InChI=1S/C32H29NO2/c1-3-31(35-23(2)34)30(22-24-14-6-4-7-15-24)33-32(25-16-8-5-9-17-25)28-20-12-10-18-26(28)27-19-11-13-21-29(27)32/h3-21,30-31,33H,1,22H2,2H3/t30-,31+/m0/s1. The number of hydrogen-bond acceptors (Lipinski definition) is 3. The van der Waals surface area contributed by atoms with E-state index in [9.17, 15) is 4.79 Å². The van der Waals surface area contributed by atoms with Gasteiger partial charge < -0.3 is 4.74 Å². The molecular formula is C32H29NO2. The maximum Gasteiger partial charge on any atom is 0.303 e. The first-order valence-corrected chi connectivity index (χ1v) is 12.0. The third kappa shape index (κ3) is 4.20. The number of esters is 1. The van der Waals surface area contributed by atoms with E-state index in [-0.39, 0.29) is 12.0 Å². The normalized spacial score (nSPS) is 14.9. The van der Waals surface area contributed by atoms with Gasteiger partial charge in [-0.25, -0.2) is 0 Å². The van der Waals surface area contributed by atoms with Crippen LogP contribution in [0, 0.1) is 0 Å². The third-order valence-electron chi connectivity index (χ3n) is 6.79. The molecule has 0 spiro atoms. The molecule has 0 bridgehead atoms. The van der Waals surface area contributed by atoms with Crippen molar-refractivity contribution in [3.8, 4) is 11.1 Å². The summed E-state index contributed by atoms with van der Waals surface area (Å²) in [5, 5.41) is 4.01. The molecule has 0 aliphatic heterocycles. The molecule has 3 nitrogen and oxygen atoms in total. The predicted octanol–water partition coefficient (Wildman–Crippen LogP) is 6.28. The predicted molar refractivity (Wildman–Crippen MR) is 141 cm³/mol. The summed E-state index contributed by atoms with van der Waals surface area (Å²) in [6.07, 6.45) is 1.89. The maximum absolute atomic E-state index is 12.1. The van der Waals surface area contributed by atoms with Crippen LogP contribution in [-0.2, 0) is 21.5 Å². The molecule has 0 aromatic heterocycles. The highest BCUT2D eigenvalue weighted by atomic mass is 16.5. The monoisotopic (exact) mass is 459 g/mol. The maximum atomic E-state index is 12.1. The zero-order valence-electron chi connectivity index (χ0n) is 19.9. The number of nitrogens with one attached hydrogen (secondary N) is 1.